The van der Waals surface area contributed by atoms with Gasteiger partial charge in [0.25, 0.3) is 0 Å². The van der Waals surface area contributed by atoms with Gasteiger partial charge in [0.1, 0.15) is 5.52 Å². The number of hydrogen-bond donors (Lipinski definition) is 0. The number of rotatable bonds is 4. The topological polar surface area (TPSA) is 38.9 Å². The summed E-state index contributed by atoms with van der Waals surface area (Å²) in [5.74, 6) is 0.611. The summed E-state index contributed by atoms with van der Waals surface area (Å²) in [5, 5.41) is 1.06. The number of fused-ring (bicyclic) bond motifs is 5. The van der Waals surface area contributed by atoms with Gasteiger partial charge in [0.15, 0.2) is 5.58 Å². The lowest BCUT2D eigenvalue weighted by Crippen LogP contribution is -2.28. The summed E-state index contributed by atoms with van der Waals surface area (Å²) in [4.78, 5) is 9.26. The van der Waals surface area contributed by atoms with Crippen molar-refractivity contribution in [3.63, 3.8) is 0 Å². The molecule has 0 fully saturated rings. The molecule has 3 heteroatoms. The van der Waals surface area contributed by atoms with Crippen LogP contribution >= 0.6 is 0 Å². The Labute approximate surface area is 255 Å². The molecule has 0 bridgehead atoms. The van der Waals surface area contributed by atoms with Gasteiger partial charge in [0.2, 0.25) is 5.89 Å². The zero-order chi connectivity index (χ0) is 29.1. The third-order valence-electron chi connectivity index (χ3n) is 9.03. The zero-order valence-electron chi connectivity index (χ0n) is 23.8. The second-order valence-corrected chi connectivity index (χ2v) is 11.4. The summed E-state index contributed by atoms with van der Waals surface area (Å²) in [6.45, 7) is 0. The van der Waals surface area contributed by atoms with Crippen LogP contribution in [-0.4, -0.2) is 9.97 Å². The molecule has 0 unspecified atom stereocenters. The predicted octanol–water partition coefficient (Wildman–Crippen LogP) is 10.1. The summed E-state index contributed by atoms with van der Waals surface area (Å²) in [7, 11) is 0. The van der Waals surface area contributed by atoms with Crippen LogP contribution in [0.5, 0.6) is 0 Å². The molecule has 6 aromatic carbocycles. The summed E-state index contributed by atoms with van der Waals surface area (Å²) >= 11 is 0. The molecule has 0 saturated carbocycles. The molecule has 2 heterocycles. The Bertz CT molecular complexity index is 2300. The molecule has 0 spiro atoms. The van der Waals surface area contributed by atoms with Crippen molar-refractivity contribution in [3.8, 4) is 33.7 Å². The first kappa shape index (κ1) is 24.8. The van der Waals surface area contributed by atoms with Crippen molar-refractivity contribution in [3.05, 3.63) is 180 Å². The molecule has 44 heavy (non-hydrogen) atoms. The smallest absolute Gasteiger partial charge is 0.227 e. The molecule has 0 atom stereocenters. The monoisotopic (exact) mass is 562 g/mol. The van der Waals surface area contributed by atoms with E-state index in [1.165, 1.54) is 33.4 Å². The fourth-order valence-corrected chi connectivity index (χ4v) is 7.06. The van der Waals surface area contributed by atoms with E-state index in [0.29, 0.717) is 5.89 Å². The Balaban J connectivity index is 1.22. The highest BCUT2D eigenvalue weighted by Gasteiger charge is 2.46. The minimum atomic E-state index is -0.432. The minimum absolute atomic E-state index is 0.432. The van der Waals surface area contributed by atoms with Crippen molar-refractivity contribution in [2.75, 3.05) is 0 Å². The van der Waals surface area contributed by atoms with Crippen molar-refractivity contribution in [2.45, 2.75) is 5.41 Å². The third-order valence-corrected chi connectivity index (χ3v) is 9.03. The first-order chi connectivity index (χ1) is 21.8. The van der Waals surface area contributed by atoms with E-state index in [0.717, 1.165) is 38.7 Å². The van der Waals surface area contributed by atoms with Gasteiger partial charge in [-0.25, -0.2) is 4.98 Å². The van der Waals surface area contributed by atoms with E-state index in [2.05, 4.69) is 138 Å². The Morgan fingerprint density at radius 2 is 1.14 bits per heavy atom. The first-order valence-electron chi connectivity index (χ1n) is 14.9. The Morgan fingerprint density at radius 3 is 1.95 bits per heavy atom. The molecule has 2 aromatic heterocycles. The van der Waals surface area contributed by atoms with Crippen molar-refractivity contribution >= 4 is 22.0 Å². The molecule has 9 rings (SSSR count). The van der Waals surface area contributed by atoms with Crippen LogP contribution in [0.3, 0.4) is 0 Å². The van der Waals surface area contributed by atoms with E-state index < -0.39 is 5.41 Å². The Hall–Kier alpha value is -5.80. The Kier molecular flexibility index (Phi) is 5.41. The van der Waals surface area contributed by atoms with Crippen LogP contribution in [0.1, 0.15) is 22.3 Å². The molecule has 0 N–H and O–H groups in total. The summed E-state index contributed by atoms with van der Waals surface area (Å²) in [5.41, 5.74) is 13.0. The molecule has 0 aliphatic heterocycles. The number of nitrogens with zero attached hydrogens (tertiary/aromatic N) is 2. The van der Waals surface area contributed by atoms with Crippen LogP contribution in [-0.2, 0) is 5.41 Å². The normalized spacial score (nSPS) is 13.2. The maximum Gasteiger partial charge on any atom is 0.227 e. The lowest BCUT2D eigenvalue weighted by molar-refractivity contribution is 0.620. The van der Waals surface area contributed by atoms with Gasteiger partial charge in [-0.2, -0.15) is 0 Å². The van der Waals surface area contributed by atoms with Gasteiger partial charge in [-0.05, 0) is 87.0 Å². The average Bonchev–Trinajstić information content (AvgIpc) is 3.66. The summed E-state index contributed by atoms with van der Waals surface area (Å²) in [6, 6.07) is 54.0. The standard InChI is InChI=1S/C41H26N2O/c1-3-11-31(12-4-1)41(32-13-5-2-6-14-32)35-16-8-7-15-33(35)34-20-17-27(25-36(34)41)28-18-22-38-39(26-28)44-40(43-38)30-19-21-37-29(24-30)10-9-23-42-37/h1-26H. The van der Waals surface area contributed by atoms with Crippen molar-refractivity contribution < 1.29 is 4.42 Å². The lowest BCUT2D eigenvalue weighted by Gasteiger charge is -2.34. The number of hydrogen-bond acceptors (Lipinski definition) is 3. The zero-order valence-corrected chi connectivity index (χ0v) is 23.8. The van der Waals surface area contributed by atoms with Gasteiger partial charge in [0, 0.05) is 17.1 Å². The quantitative estimate of drug-likeness (QED) is 0.214. The van der Waals surface area contributed by atoms with E-state index in [-0.39, 0.29) is 0 Å². The van der Waals surface area contributed by atoms with Gasteiger partial charge in [-0.15, -0.1) is 0 Å². The fourth-order valence-electron chi connectivity index (χ4n) is 7.06. The maximum absolute atomic E-state index is 6.36. The van der Waals surface area contributed by atoms with Crippen LogP contribution in [0.2, 0.25) is 0 Å². The van der Waals surface area contributed by atoms with Gasteiger partial charge < -0.3 is 4.42 Å². The molecular formula is C41H26N2O. The van der Waals surface area contributed by atoms with Crippen LogP contribution < -0.4 is 0 Å². The molecule has 0 amide bonds. The molecule has 206 valence electrons. The van der Waals surface area contributed by atoms with Gasteiger partial charge in [-0.1, -0.05) is 109 Å². The minimum Gasteiger partial charge on any atom is -0.436 e. The highest BCUT2D eigenvalue weighted by atomic mass is 16.3. The summed E-state index contributed by atoms with van der Waals surface area (Å²) < 4.78 is 6.36. The first-order valence-corrected chi connectivity index (χ1v) is 14.9. The highest BCUT2D eigenvalue weighted by Crippen LogP contribution is 2.56. The lowest BCUT2D eigenvalue weighted by atomic mass is 9.67. The molecule has 0 saturated heterocycles. The molecule has 3 nitrogen and oxygen atoms in total. The van der Waals surface area contributed by atoms with Gasteiger partial charge in [0.05, 0.1) is 10.9 Å². The predicted molar refractivity (Wildman–Crippen MR) is 177 cm³/mol. The van der Waals surface area contributed by atoms with Crippen LogP contribution in [0.4, 0.5) is 0 Å². The molecule has 1 aliphatic rings. The van der Waals surface area contributed by atoms with Crippen molar-refractivity contribution in [1.82, 2.24) is 9.97 Å². The number of pyridine rings is 1. The van der Waals surface area contributed by atoms with Gasteiger partial charge in [-0.3, -0.25) is 4.98 Å². The fraction of sp³-hybridized carbons (Fsp3) is 0.0244. The molecular weight excluding hydrogens is 536 g/mol. The number of oxazole rings is 1. The maximum atomic E-state index is 6.36. The molecule has 1 aliphatic carbocycles. The number of benzene rings is 6. The van der Waals surface area contributed by atoms with E-state index in [9.17, 15) is 0 Å². The Morgan fingerprint density at radius 1 is 0.477 bits per heavy atom. The molecule has 0 radical (unpaired) electrons. The van der Waals surface area contributed by atoms with Crippen LogP contribution in [0.25, 0.3) is 55.7 Å². The van der Waals surface area contributed by atoms with E-state index >= 15 is 0 Å². The second kappa shape index (κ2) is 9.62. The highest BCUT2D eigenvalue weighted by molar-refractivity contribution is 5.90. The van der Waals surface area contributed by atoms with Crippen molar-refractivity contribution in [1.29, 1.82) is 0 Å². The third kappa shape index (κ3) is 3.63. The summed E-state index contributed by atoms with van der Waals surface area (Å²) in [6.07, 6.45) is 1.81. The van der Waals surface area contributed by atoms with Crippen LogP contribution in [0.15, 0.2) is 162 Å². The average molecular weight is 563 g/mol. The van der Waals surface area contributed by atoms with Crippen LogP contribution in [0, 0.1) is 0 Å². The van der Waals surface area contributed by atoms with E-state index in [1.807, 2.05) is 24.4 Å². The largest absolute Gasteiger partial charge is 0.436 e. The van der Waals surface area contributed by atoms with Gasteiger partial charge >= 0.3 is 0 Å². The number of aromatic nitrogens is 2. The second-order valence-electron chi connectivity index (χ2n) is 11.4. The molecule has 8 aromatic rings. The van der Waals surface area contributed by atoms with E-state index in [4.69, 9.17) is 9.40 Å². The SMILES string of the molecule is c1ccc(C2(c3ccccc3)c3ccccc3-c3ccc(-c4ccc5nc(-c6ccc7ncccc7c6)oc5c4)cc32)cc1. The van der Waals surface area contributed by atoms with Crippen molar-refractivity contribution in [2.24, 2.45) is 0 Å². The van der Waals surface area contributed by atoms with E-state index in [1.54, 1.807) is 0 Å².